The molecule has 1 heterocycles. The highest BCUT2D eigenvalue weighted by atomic mass is 19.1. The van der Waals surface area contributed by atoms with Gasteiger partial charge in [0, 0.05) is 5.56 Å². The van der Waals surface area contributed by atoms with Crippen molar-refractivity contribution in [2.24, 2.45) is 0 Å². The lowest BCUT2D eigenvalue weighted by atomic mass is 9.79. The van der Waals surface area contributed by atoms with Crippen LogP contribution in [0, 0.1) is 12.7 Å². The third-order valence-corrected chi connectivity index (χ3v) is 3.33. The summed E-state index contributed by atoms with van der Waals surface area (Å²) in [6.45, 7) is 2.14. The van der Waals surface area contributed by atoms with E-state index in [9.17, 15) is 18.0 Å². The molecule has 1 aliphatic rings. The SMILES string of the molecule is [CH2]C1(F)CC[C@@](CF)(c2ccccc2F)NC1=O. The quantitative estimate of drug-likeness (QED) is 0.865. The zero-order chi connectivity index (χ0) is 13.4. The molecule has 5 heteroatoms. The number of amides is 1. The average molecular weight is 256 g/mol. The largest absolute Gasteiger partial charge is 0.341 e. The van der Waals surface area contributed by atoms with Crippen LogP contribution in [0.2, 0.25) is 0 Å². The van der Waals surface area contributed by atoms with Crippen LogP contribution in [0.3, 0.4) is 0 Å². The first-order chi connectivity index (χ1) is 8.41. The molecule has 0 saturated carbocycles. The Bertz CT molecular complexity index is 475. The number of carbonyl (C=O) groups is 1. The first-order valence-corrected chi connectivity index (χ1v) is 5.59. The molecule has 2 atom stereocenters. The summed E-state index contributed by atoms with van der Waals surface area (Å²) in [6, 6.07) is 5.59. The van der Waals surface area contributed by atoms with Crippen LogP contribution in [0.1, 0.15) is 18.4 Å². The van der Waals surface area contributed by atoms with Gasteiger partial charge in [-0.2, -0.15) is 0 Å². The molecule has 0 bridgehead atoms. The van der Waals surface area contributed by atoms with Gasteiger partial charge >= 0.3 is 0 Å². The second-order valence-corrected chi connectivity index (χ2v) is 4.62. The van der Waals surface area contributed by atoms with Gasteiger partial charge in [-0.25, -0.2) is 13.2 Å². The van der Waals surface area contributed by atoms with E-state index in [1.807, 2.05) is 0 Å². The minimum Gasteiger partial charge on any atom is -0.341 e. The van der Waals surface area contributed by atoms with E-state index in [4.69, 9.17) is 0 Å². The molecule has 1 saturated heterocycles. The van der Waals surface area contributed by atoms with Crippen molar-refractivity contribution in [1.29, 1.82) is 0 Å². The molecular formula is C13H13F3NO. The fraction of sp³-hybridized carbons (Fsp3) is 0.385. The van der Waals surface area contributed by atoms with Crippen LogP contribution in [0.4, 0.5) is 13.2 Å². The monoisotopic (exact) mass is 256 g/mol. The smallest absolute Gasteiger partial charge is 0.258 e. The second-order valence-electron chi connectivity index (χ2n) is 4.62. The fourth-order valence-corrected chi connectivity index (χ4v) is 2.14. The summed E-state index contributed by atoms with van der Waals surface area (Å²) in [6.07, 6.45) is -0.271. The summed E-state index contributed by atoms with van der Waals surface area (Å²) in [4.78, 5) is 11.5. The Labute approximate surface area is 103 Å². The molecule has 1 aromatic carbocycles. The van der Waals surface area contributed by atoms with Crippen LogP contribution in [-0.4, -0.2) is 18.3 Å². The molecule has 18 heavy (non-hydrogen) atoms. The molecule has 1 radical (unpaired) electrons. The zero-order valence-corrected chi connectivity index (χ0v) is 9.68. The van der Waals surface area contributed by atoms with Crippen LogP contribution in [0.15, 0.2) is 24.3 Å². The normalized spacial score (nSPS) is 32.1. The topological polar surface area (TPSA) is 29.1 Å². The van der Waals surface area contributed by atoms with E-state index in [0.717, 1.165) is 0 Å². The van der Waals surface area contributed by atoms with Crippen molar-refractivity contribution in [3.63, 3.8) is 0 Å². The van der Waals surface area contributed by atoms with Gasteiger partial charge in [-0.1, -0.05) is 18.2 Å². The fourth-order valence-electron chi connectivity index (χ4n) is 2.14. The van der Waals surface area contributed by atoms with Gasteiger partial charge in [-0.15, -0.1) is 0 Å². The molecule has 0 spiro atoms. The van der Waals surface area contributed by atoms with Gasteiger partial charge in [-0.3, -0.25) is 4.79 Å². The van der Waals surface area contributed by atoms with Gasteiger partial charge in [-0.05, 0) is 25.8 Å². The molecule has 1 aromatic rings. The molecule has 1 N–H and O–H groups in total. The van der Waals surface area contributed by atoms with E-state index in [0.29, 0.717) is 0 Å². The lowest BCUT2D eigenvalue weighted by Crippen LogP contribution is -2.59. The van der Waals surface area contributed by atoms with Crippen LogP contribution < -0.4 is 5.32 Å². The number of hydrogen-bond acceptors (Lipinski definition) is 1. The highest BCUT2D eigenvalue weighted by Crippen LogP contribution is 2.37. The zero-order valence-electron chi connectivity index (χ0n) is 9.68. The van der Waals surface area contributed by atoms with Crippen molar-refractivity contribution in [2.45, 2.75) is 24.0 Å². The van der Waals surface area contributed by atoms with Crippen molar-refractivity contribution >= 4 is 5.91 Å². The summed E-state index contributed by atoms with van der Waals surface area (Å²) in [5, 5.41) is 2.24. The Morgan fingerprint density at radius 2 is 2.00 bits per heavy atom. The summed E-state index contributed by atoms with van der Waals surface area (Å²) in [5.74, 6) is -1.62. The molecule has 1 unspecified atom stereocenters. The number of alkyl halides is 2. The predicted octanol–water partition coefficient (Wildman–Crippen LogP) is 2.44. The Balaban J connectivity index is 2.40. The molecule has 1 fully saturated rings. The van der Waals surface area contributed by atoms with Crippen molar-refractivity contribution < 1.29 is 18.0 Å². The van der Waals surface area contributed by atoms with Crippen molar-refractivity contribution in [3.05, 3.63) is 42.6 Å². The first kappa shape index (κ1) is 12.9. The molecule has 2 rings (SSSR count). The third-order valence-electron chi connectivity index (χ3n) is 3.33. The van der Waals surface area contributed by atoms with E-state index in [2.05, 4.69) is 12.2 Å². The van der Waals surface area contributed by atoms with Gasteiger partial charge in [0.1, 0.15) is 12.5 Å². The van der Waals surface area contributed by atoms with E-state index in [1.54, 1.807) is 6.07 Å². The third kappa shape index (κ3) is 1.98. The predicted molar refractivity (Wildman–Crippen MR) is 60.6 cm³/mol. The molecular weight excluding hydrogens is 243 g/mol. The van der Waals surface area contributed by atoms with Gasteiger partial charge in [0.15, 0.2) is 5.67 Å². The van der Waals surface area contributed by atoms with Gasteiger partial charge in [0.05, 0.1) is 5.54 Å². The molecule has 1 amide bonds. The maximum Gasteiger partial charge on any atom is 0.258 e. The number of hydrogen-bond donors (Lipinski definition) is 1. The Kier molecular flexibility index (Phi) is 3.09. The van der Waals surface area contributed by atoms with Gasteiger partial charge in [0.25, 0.3) is 5.91 Å². The molecule has 2 nitrogen and oxygen atoms in total. The summed E-state index contributed by atoms with van der Waals surface area (Å²) >= 11 is 0. The number of rotatable bonds is 2. The molecule has 97 valence electrons. The van der Waals surface area contributed by atoms with Crippen molar-refractivity contribution in [1.82, 2.24) is 5.32 Å². The summed E-state index contributed by atoms with van der Waals surface area (Å²) in [5.41, 5.74) is -3.73. The average Bonchev–Trinajstić information content (AvgIpc) is 2.34. The number of benzene rings is 1. The van der Waals surface area contributed by atoms with E-state index in [-0.39, 0.29) is 18.4 Å². The Hall–Kier alpha value is -1.52. The molecule has 1 aliphatic heterocycles. The minimum absolute atomic E-state index is 0.0316. The number of nitrogens with one attached hydrogen (secondary N) is 1. The number of piperidine rings is 1. The van der Waals surface area contributed by atoms with Crippen molar-refractivity contribution in [2.75, 3.05) is 6.67 Å². The first-order valence-electron chi connectivity index (χ1n) is 5.59. The maximum atomic E-state index is 13.7. The number of halogens is 3. The van der Waals surface area contributed by atoms with E-state index < -0.39 is 29.6 Å². The summed E-state index contributed by atoms with van der Waals surface area (Å²) in [7, 11) is 0. The van der Waals surface area contributed by atoms with Gasteiger partial charge in [0.2, 0.25) is 0 Å². The lowest BCUT2D eigenvalue weighted by Gasteiger charge is -2.40. The Morgan fingerprint density at radius 1 is 1.33 bits per heavy atom. The summed E-state index contributed by atoms with van der Waals surface area (Å²) < 4.78 is 40.6. The van der Waals surface area contributed by atoms with E-state index in [1.165, 1.54) is 18.2 Å². The highest BCUT2D eigenvalue weighted by Gasteiger charge is 2.48. The standard InChI is InChI=1S/C13H13F3NO/c1-12(16)6-7-13(8-14,17-11(12)18)9-4-2-3-5-10(9)15/h2-5H,1,6-8H2,(H,17,18)/t12?,13-/m1/s1. The van der Waals surface area contributed by atoms with Crippen LogP contribution >= 0.6 is 0 Å². The lowest BCUT2D eigenvalue weighted by molar-refractivity contribution is -0.137. The van der Waals surface area contributed by atoms with Crippen LogP contribution in [0.25, 0.3) is 0 Å². The molecule has 0 aromatic heterocycles. The van der Waals surface area contributed by atoms with Gasteiger partial charge < -0.3 is 5.32 Å². The van der Waals surface area contributed by atoms with Crippen LogP contribution in [-0.2, 0) is 10.3 Å². The second kappa shape index (κ2) is 4.30. The molecule has 0 aliphatic carbocycles. The number of carbonyl (C=O) groups excluding carboxylic acids is 1. The maximum absolute atomic E-state index is 13.7. The Morgan fingerprint density at radius 3 is 2.56 bits per heavy atom. The van der Waals surface area contributed by atoms with E-state index >= 15 is 0 Å². The van der Waals surface area contributed by atoms with Crippen molar-refractivity contribution in [3.8, 4) is 0 Å². The highest BCUT2D eigenvalue weighted by molar-refractivity contribution is 5.87. The minimum atomic E-state index is -2.27. The van der Waals surface area contributed by atoms with Crippen LogP contribution in [0.5, 0.6) is 0 Å².